The van der Waals surface area contributed by atoms with Crippen molar-refractivity contribution in [2.45, 2.75) is 6.04 Å². The minimum absolute atomic E-state index is 0.0861. The van der Waals surface area contributed by atoms with Crippen molar-refractivity contribution < 1.29 is 23.1 Å². The third-order valence-electron chi connectivity index (χ3n) is 4.76. The molecule has 2 aromatic rings. The minimum Gasteiger partial charge on any atom is -0.468 e. The molecule has 1 fully saturated rings. The molecule has 148 valence electrons. The summed E-state index contributed by atoms with van der Waals surface area (Å²) in [5.41, 5.74) is 0.722. The van der Waals surface area contributed by atoms with Crippen molar-refractivity contribution in [1.29, 1.82) is 0 Å². The Morgan fingerprint density at radius 1 is 1.04 bits per heavy atom. The maximum atomic E-state index is 13.4. The highest BCUT2D eigenvalue weighted by atomic mass is 35.5. The summed E-state index contributed by atoms with van der Waals surface area (Å²) in [4.78, 5) is 28.4. The van der Waals surface area contributed by atoms with E-state index in [1.807, 2.05) is 4.90 Å². The van der Waals surface area contributed by atoms with Crippen LogP contribution in [-0.4, -0.2) is 55.0 Å². The molecule has 1 saturated heterocycles. The van der Waals surface area contributed by atoms with Crippen molar-refractivity contribution in [2.24, 2.45) is 0 Å². The van der Waals surface area contributed by atoms with E-state index in [4.69, 9.17) is 16.3 Å². The average Bonchev–Trinajstić information content (AvgIpc) is 2.71. The number of esters is 1. The van der Waals surface area contributed by atoms with Gasteiger partial charge in [-0.2, -0.15) is 0 Å². The van der Waals surface area contributed by atoms with Crippen LogP contribution in [0.2, 0.25) is 5.02 Å². The van der Waals surface area contributed by atoms with Gasteiger partial charge in [-0.1, -0.05) is 29.8 Å². The quantitative estimate of drug-likeness (QED) is 0.728. The van der Waals surface area contributed by atoms with Crippen LogP contribution in [0.5, 0.6) is 0 Å². The molecule has 2 aromatic carbocycles. The Hall–Kier alpha value is -2.51. The van der Waals surface area contributed by atoms with Gasteiger partial charge < -0.3 is 9.64 Å². The smallest absolute Gasteiger partial charge is 0.327 e. The number of halogens is 3. The summed E-state index contributed by atoms with van der Waals surface area (Å²) in [7, 11) is 1.31. The first-order valence-corrected chi connectivity index (χ1v) is 9.10. The van der Waals surface area contributed by atoms with Crippen LogP contribution in [0.25, 0.3) is 0 Å². The zero-order chi connectivity index (χ0) is 20.3. The van der Waals surface area contributed by atoms with Crippen LogP contribution in [0.15, 0.2) is 42.5 Å². The molecule has 0 aromatic heterocycles. The van der Waals surface area contributed by atoms with E-state index in [0.29, 0.717) is 36.8 Å². The highest BCUT2D eigenvalue weighted by Gasteiger charge is 2.33. The van der Waals surface area contributed by atoms with Crippen LogP contribution < -0.4 is 0 Å². The number of carbonyl (C=O) groups excluding carboxylic acids is 2. The Balaban J connectivity index is 1.73. The minimum atomic E-state index is -1.06. The highest BCUT2D eigenvalue weighted by Crippen LogP contribution is 2.29. The summed E-state index contributed by atoms with van der Waals surface area (Å²) in [5, 5.41) is 0.457. The molecule has 1 aliphatic rings. The van der Waals surface area contributed by atoms with Gasteiger partial charge in [-0.25, -0.2) is 13.6 Å². The lowest BCUT2D eigenvalue weighted by Gasteiger charge is -2.38. The van der Waals surface area contributed by atoms with E-state index >= 15 is 0 Å². The van der Waals surface area contributed by atoms with Crippen LogP contribution in [-0.2, 0) is 9.53 Å². The van der Waals surface area contributed by atoms with Gasteiger partial charge in [0, 0.05) is 36.8 Å². The van der Waals surface area contributed by atoms with E-state index in [1.54, 1.807) is 29.2 Å². The lowest BCUT2D eigenvalue weighted by atomic mass is 10.0. The molecule has 1 heterocycles. The van der Waals surface area contributed by atoms with Crippen molar-refractivity contribution >= 4 is 23.5 Å². The molecule has 0 radical (unpaired) electrons. The molecule has 1 amide bonds. The van der Waals surface area contributed by atoms with Crippen molar-refractivity contribution in [3.8, 4) is 0 Å². The fourth-order valence-corrected chi connectivity index (χ4v) is 3.52. The fraction of sp³-hybridized carbons (Fsp3) is 0.300. The summed E-state index contributed by atoms with van der Waals surface area (Å²) >= 11 is 6.26. The van der Waals surface area contributed by atoms with Crippen LogP contribution in [0, 0.1) is 11.6 Å². The molecule has 0 bridgehead atoms. The number of ether oxygens (including phenoxy) is 1. The summed E-state index contributed by atoms with van der Waals surface area (Å²) in [5.74, 6) is -2.88. The van der Waals surface area contributed by atoms with Crippen LogP contribution in [0.4, 0.5) is 8.78 Å². The van der Waals surface area contributed by atoms with Gasteiger partial charge in [-0.3, -0.25) is 9.69 Å². The van der Waals surface area contributed by atoms with E-state index < -0.39 is 23.6 Å². The summed E-state index contributed by atoms with van der Waals surface area (Å²) < 4.78 is 31.4. The van der Waals surface area contributed by atoms with Crippen LogP contribution in [0.1, 0.15) is 22.0 Å². The standard InChI is InChI=1S/C20H19ClF2N2O3/c1-28-20(27)18(14-4-2-3-5-15(14)21)24-8-10-25(11-9-24)19(26)13-6-7-16(22)17(23)12-13/h2-7,12,18H,8-11H2,1H3. The van der Waals surface area contributed by atoms with Crippen LogP contribution >= 0.6 is 11.6 Å². The van der Waals surface area contributed by atoms with Gasteiger partial charge in [0.15, 0.2) is 11.6 Å². The lowest BCUT2D eigenvalue weighted by Crippen LogP contribution is -2.51. The zero-order valence-corrected chi connectivity index (χ0v) is 16.0. The molecular formula is C20H19ClF2N2O3. The van der Waals surface area contributed by atoms with E-state index in [-0.39, 0.29) is 11.5 Å². The second-order valence-corrected chi connectivity index (χ2v) is 6.81. The number of carbonyl (C=O) groups is 2. The number of hydrogen-bond acceptors (Lipinski definition) is 4. The lowest BCUT2D eigenvalue weighted by molar-refractivity contribution is -0.148. The number of amides is 1. The molecule has 0 N–H and O–H groups in total. The number of piperazine rings is 1. The summed E-state index contributed by atoms with van der Waals surface area (Å²) in [6, 6.07) is 9.44. The van der Waals surface area contributed by atoms with Gasteiger partial charge in [0.1, 0.15) is 6.04 Å². The van der Waals surface area contributed by atoms with E-state index in [0.717, 1.165) is 12.1 Å². The summed E-state index contributed by atoms with van der Waals surface area (Å²) in [6.07, 6.45) is 0. The molecule has 0 saturated carbocycles. The Morgan fingerprint density at radius 3 is 2.32 bits per heavy atom. The van der Waals surface area contributed by atoms with Gasteiger partial charge in [0.2, 0.25) is 0 Å². The third-order valence-corrected chi connectivity index (χ3v) is 5.10. The fourth-order valence-electron chi connectivity index (χ4n) is 3.28. The van der Waals surface area contributed by atoms with Crippen LogP contribution in [0.3, 0.4) is 0 Å². The van der Waals surface area contributed by atoms with E-state index in [1.165, 1.54) is 13.2 Å². The van der Waals surface area contributed by atoms with Crippen molar-refractivity contribution in [1.82, 2.24) is 9.80 Å². The molecule has 28 heavy (non-hydrogen) atoms. The molecule has 1 aliphatic heterocycles. The predicted molar refractivity (Wildman–Crippen MR) is 100 cm³/mol. The van der Waals surface area contributed by atoms with Crippen molar-refractivity contribution in [3.05, 3.63) is 70.2 Å². The summed E-state index contributed by atoms with van der Waals surface area (Å²) in [6.45, 7) is 1.46. The normalized spacial score (nSPS) is 15.9. The number of nitrogens with zero attached hydrogens (tertiary/aromatic N) is 2. The van der Waals surface area contributed by atoms with Gasteiger partial charge in [-0.15, -0.1) is 0 Å². The predicted octanol–water partition coefficient (Wildman–Crippen LogP) is 3.29. The third kappa shape index (κ3) is 4.15. The maximum absolute atomic E-state index is 13.4. The first-order valence-electron chi connectivity index (χ1n) is 8.73. The van der Waals surface area contributed by atoms with Gasteiger partial charge in [0.25, 0.3) is 5.91 Å². The topological polar surface area (TPSA) is 49.9 Å². The van der Waals surface area contributed by atoms with Crippen molar-refractivity contribution in [2.75, 3.05) is 33.3 Å². The monoisotopic (exact) mass is 408 g/mol. The Kier molecular flexibility index (Phi) is 6.26. The molecule has 3 rings (SSSR count). The Morgan fingerprint density at radius 2 is 1.71 bits per heavy atom. The van der Waals surface area contributed by atoms with Gasteiger partial charge >= 0.3 is 5.97 Å². The largest absolute Gasteiger partial charge is 0.468 e. The molecule has 1 unspecified atom stereocenters. The zero-order valence-electron chi connectivity index (χ0n) is 15.2. The molecular weight excluding hydrogens is 390 g/mol. The number of hydrogen-bond donors (Lipinski definition) is 0. The van der Waals surface area contributed by atoms with Gasteiger partial charge in [-0.05, 0) is 29.8 Å². The molecule has 8 heteroatoms. The van der Waals surface area contributed by atoms with E-state index in [9.17, 15) is 18.4 Å². The number of methoxy groups -OCH3 is 1. The molecule has 0 aliphatic carbocycles. The Bertz CT molecular complexity index is 886. The SMILES string of the molecule is COC(=O)C(c1ccccc1Cl)N1CCN(C(=O)c2ccc(F)c(F)c2)CC1. The first kappa shape index (κ1) is 20.2. The Labute approximate surface area is 166 Å². The molecule has 0 spiro atoms. The number of rotatable bonds is 4. The average molecular weight is 409 g/mol. The van der Waals surface area contributed by atoms with Crippen molar-refractivity contribution in [3.63, 3.8) is 0 Å². The van der Waals surface area contributed by atoms with Gasteiger partial charge in [0.05, 0.1) is 7.11 Å². The molecule has 5 nitrogen and oxygen atoms in total. The highest BCUT2D eigenvalue weighted by molar-refractivity contribution is 6.31. The van der Waals surface area contributed by atoms with E-state index in [2.05, 4.69) is 0 Å². The second kappa shape index (κ2) is 8.67. The number of benzene rings is 2. The molecule has 1 atom stereocenters. The first-order chi connectivity index (χ1) is 13.4. The maximum Gasteiger partial charge on any atom is 0.327 e. The second-order valence-electron chi connectivity index (χ2n) is 6.40.